The molecule has 6 rings (SSSR count). The molecule has 0 aliphatic carbocycles. The Balaban J connectivity index is 1.02. The Morgan fingerprint density at radius 3 is 2.11 bits per heavy atom. The first-order valence-electron chi connectivity index (χ1n) is 14.7. The molecule has 0 radical (unpaired) electrons. The molecule has 0 bridgehead atoms. The van der Waals surface area contributed by atoms with Crippen molar-refractivity contribution in [1.29, 1.82) is 0 Å². The zero-order valence-electron chi connectivity index (χ0n) is 24.8. The van der Waals surface area contributed by atoms with Crippen LogP contribution in [0.4, 0.5) is 21.9 Å². The summed E-state index contributed by atoms with van der Waals surface area (Å²) in [4.78, 5) is 20.8. The topological polar surface area (TPSA) is 105 Å². The predicted octanol–water partition coefficient (Wildman–Crippen LogP) is 6.49. The first kappa shape index (κ1) is 31.2. The van der Waals surface area contributed by atoms with Gasteiger partial charge in [0.2, 0.25) is 0 Å². The van der Waals surface area contributed by atoms with E-state index in [1.54, 1.807) is 30.3 Å². The van der Waals surface area contributed by atoms with Gasteiger partial charge in [0.1, 0.15) is 36.4 Å². The van der Waals surface area contributed by atoms with Crippen molar-refractivity contribution in [2.45, 2.75) is 12.1 Å². The van der Waals surface area contributed by atoms with Crippen LogP contribution in [0.5, 0.6) is 11.5 Å². The Morgan fingerprint density at radius 2 is 1.50 bits per heavy atom. The number of ether oxygens (including phenoxy) is 2. The fourth-order valence-electron chi connectivity index (χ4n) is 5.33. The number of aromatic nitrogens is 3. The van der Waals surface area contributed by atoms with E-state index in [0.29, 0.717) is 32.8 Å². The van der Waals surface area contributed by atoms with Gasteiger partial charge in [-0.2, -0.15) is 5.10 Å². The van der Waals surface area contributed by atoms with Crippen molar-refractivity contribution < 1.29 is 19.4 Å². The predicted molar refractivity (Wildman–Crippen MR) is 179 cm³/mol. The number of aliphatic hydroxyl groups is 1. The van der Waals surface area contributed by atoms with Crippen LogP contribution in [0.15, 0.2) is 110 Å². The van der Waals surface area contributed by atoms with Crippen LogP contribution in [0.2, 0.25) is 10.0 Å². The maximum atomic E-state index is 12.2. The van der Waals surface area contributed by atoms with Gasteiger partial charge in [-0.05, 0) is 72.8 Å². The van der Waals surface area contributed by atoms with E-state index >= 15 is 0 Å². The lowest BCUT2D eigenvalue weighted by atomic mass is 9.94. The van der Waals surface area contributed by atoms with E-state index in [4.69, 9.17) is 32.7 Å². The van der Waals surface area contributed by atoms with Crippen LogP contribution in [-0.2, 0) is 12.1 Å². The maximum Gasteiger partial charge on any atom is 0.417 e. The molecule has 1 aromatic heterocycles. The van der Waals surface area contributed by atoms with Gasteiger partial charge >= 0.3 is 6.09 Å². The fraction of sp³-hybridized carbons (Fsp3) is 0.206. The highest BCUT2D eigenvalue weighted by Gasteiger charge is 2.34. The fourth-order valence-corrected chi connectivity index (χ4v) is 5.92. The van der Waals surface area contributed by atoms with Crippen LogP contribution < -0.4 is 24.6 Å². The van der Waals surface area contributed by atoms with Crippen LogP contribution in [0, 0.1) is 0 Å². The highest BCUT2D eigenvalue weighted by Crippen LogP contribution is 2.33. The van der Waals surface area contributed by atoms with Crippen LogP contribution in [0.25, 0.3) is 0 Å². The third-order valence-electron chi connectivity index (χ3n) is 7.71. The SMILES string of the molecule is O=C(Nc1ccc(N2CCN(c3ccc(OCC(O)(Cn4cncn4)c4ccc(Cl)cc4Cl)cc3)CC2)cc1)Oc1ccccc1. The van der Waals surface area contributed by atoms with E-state index < -0.39 is 11.7 Å². The molecule has 0 saturated carbocycles. The number of nitrogens with zero attached hydrogens (tertiary/aromatic N) is 5. The number of amides is 1. The first-order valence-corrected chi connectivity index (χ1v) is 15.5. The van der Waals surface area contributed by atoms with Crippen molar-refractivity contribution in [2.24, 2.45) is 0 Å². The van der Waals surface area contributed by atoms with Crippen LogP contribution in [0.1, 0.15) is 5.56 Å². The van der Waals surface area contributed by atoms with Gasteiger partial charge in [-0.15, -0.1) is 0 Å². The summed E-state index contributed by atoms with van der Waals surface area (Å²) >= 11 is 12.6. The molecule has 1 fully saturated rings. The summed E-state index contributed by atoms with van der Waals surface area (Å²) in [7, 11) is 0. The number of hydrogen-bond acceptors (Lipinski definition) is 8. The number of rotatable bonds is 10. The standard InChI is InChI=1S/C34H32Cl2N6O4/c35-25-6-15-31(32(36)20-25)34(44,21-42-24-37-23-38-42)22-45-29-13-11-28(12-14-29)41-18-16-40(17-19-41)27-9-7-26(8-10-27)39-33(43)46-30-4-2-1-3-5-30/h1-15,20,23-24,44H,16-19,21-22H2,(H,39,43). The zero-order chi connectivity index (χ0) is 31.9. The second-order valence-corrected chi connectivity index (χ2v) is 11.7. The Labute approximate surface area is 276 Å². The first-order chi connectivity index (χ1) is 22.3. The quantitative estimate of drug-likeness (QED) is 0.175. The largest absolute Gasteiger partial charge is 0.490 e. The van der Waals surface area contributed by atoms with Crippen molar-refractivity contribution >= 4 is 46.4 Å². The molecule has 12 heteroatoms. The summed E-state index contributed by atoms with van der Waals surface area (Å²) in [6, 6.07) is 29.5. The Morgan fingerprint density at radius 1 is 0.848 bits per heavy atom. The number of anilines is 3. The van der Waals surface area contributed by atoms with Crippen molar-refractivity contribution in [3.8, 4) is 11.5 Å². The minimum Gasteiger partial charge on any atom is -0.490 e. The molecule has 4 aromatic carbocycles. The smallest absolute Gasteiger partial charge is 0.417 e. The molecule has 46 heavy (non-hydrogen) atoms. The number of benzene rings is 4. The second kappa shape index (κ2) is 14.1. The van der Waals surface area contributed by atoms with Crippen LogP contribution >= 0.6 is 23.2 Å². The van der Waals surface area contributed by atoms with E-state index in [1.807, 2.05) is 66.7 Å². The summed E-state index contributed by atoms with van der Waals surface area (Å²) in [6.07, 6.45) is 2.41. The molecule has 1 saturated heterocycles. The molecule has 5 aromatic rings. The minimum absolute atomic E-state index is 0.0608. The molecule has 1 aliphatic rings. The lowest BCUT2D eigenvalue weighted by molar-refractivity contribution is -0.0269. The van der Waals surface area contributed by atoms with Crippen molar-refractivity contribution in [2.75, 3.05) is 47.9 Å². The number of nitrogens with one attached hydrogen (secondary N) is 1. The summed E-state index contributed by atoms with van der Waals surface area (Å²) in [5.41, 5.74) is 1.84. The van der Waals surface area contributed by atoms with E-state index in [-0.39, 0.29) is 13.2 Å². The Bertz CT molecular complexity index is 1730. The summed E-state index contributed by atoms with van der Waals surface area (Å²) in [5.74, 6) is 1.11. The second-order valence-electron chi connectivity index (χ2n) is 10.9. The van der Waals surface area contributed by atoms with E-state index in [2.05, 4.69) is 25.2 Å². The van der Waals surface area contributed by atoms with Crippen molar-refractivity contribution in [3.05, 3.63) is 125 Å². The van der Waals surface area contributed by atoms with Gasteiger partial charge in [0, 0.05) is 58.8 Å². The molecule has 1 unspecified atom stereocenters. The van der Waals surface area contributed by atoms with Gasteiger partial charge in [0.25, 0.3) is 0 Å². The third-order valence-corrected chi connectivity index (χ3v) is 8.26. The number of carbonyl (C=O) groups excluding carboxylic acids is 1. The van der Waals surface area contributed by atoms with Gasteiger partial charge in [-0.25, -0.2) is 14.5 Å². The van der Waals surface area contributed by atoms with Gasteiger partial charge < -0.3 is 24.4 Å². The highest BCUT2D eigenvalue weighted by molar-refractivity contribution is 6.35. The van der Waals surface area contributed by atoms with E-state index in [1.165, 1.54) is 17.3 Å². The Hall–Kier alpha value is -4.77. The molecular formula is C34H32Cl2N6O4. The maximum absolute atomic E-state index is 12.2. The molecule has 1 aliphatic heterocycles. The normalized spacial score (nSPS) is 14.4. The number of carbonyl (C=O) groups is 1. The van der Waals surface area contributed by atoms with E-state index in [0.717, 1.165) is 37.6 Å². The van der Waals surface area contributed by atoms with Crippen LogP contribution in [0.3, 0.4) is 0 Å². The molecular weight excluding hydrogens is 627 g/mol. The van der Waals surface area contributed by atoms with Crippen LogP contribution in [-0.4, -0.2) is 58.8 Å². The lowest BCUT2D eigenvalue weighted by Crippen LogP contribution is -2.46. The van der Waals surface area contributed by atoms with Crippen molar-refractivity contribution in [3.63, 3.8) is 0 Å². The number of para-hydroxylation sites is 1. The average molecular weight is 660 g/mol. The molecule has 2 N–H and O–H groups in total. The molecule has 1 amide bonds. The average Bonchev–Trinajstić information content (AvgIpc) is 3.58. The highest BCUT2D eigenvalue weighted by atomic mass is 35.5. The van der Waals surface area contributed by atoms with Gasteiger partial charge in [0.05, 0.1) is 6.54 Å². The summed E-state index contributed by atoms with van der Waals surface area (Å²) in [6.45, 7) is 3.41. The lowest BCUT2D eigenvalue weighted by Gasteiger charge is -2.37. The van der Waals surface area contributed by atoms with Gasteiger partial charge in [-0.1, -0.05) is 47.5 Å². The molecule has 1 atom stereocenters. The van der Waals surface area contributed by atoms with Gasteiger partial charge in [-0.3, -0.25) is 5.32 Å². The molecule has 10 nitrogen and oxygen atoms in total. The monoisotopic (exact) mass is 658 g/mol. The van der Waals surface area contributed by atoms with Crippen molar-refractivity contribution in [1.82, 2.24) is 14.8 Å². The molecule has 2 heterocycles. The number of hydrogen-bond donors (Lipinski definition) is 2. The molecule has 0 spiro atoms. The minimum atomic E-state index is -1.48. The Kier molecular flexibility index (Phi) is 9.58. The molecule has 236 valence electrons. The summed E-state index contributed by atoms with van der Waals surface area (Å²) < 4.78 is 12.9. The number of piperazine rings is 1. The summed E-state index contributed by atoms with van der Waals surface area (Å²) in [5, 5.41) is 19.4. The third kappa shape index (κ3) is 7.71. The van der Waals surface area contributed by atoms with E-state index in [9.17, 15) is 9.90 Å². The van der Waals surface area contributed by atoms with Gasteiger partial charge in [0.15, 0.2) is 0 Å². The number of halogens is 2. The zero-order valence-corrected chi connectivity index (χ0v) is 26.3.